The first kappa shape index (κ1) is 24.4. The van der Waals surface area contributed by atoms with Crippen molar-refractivity contribution in [2.45, 2.75) is 57.5 Å². The van der Waals surface area contributed by atoms with Crippen LogP contribution in [0.3, 0.4) is 0 Å². The predicted octanol–water partition coefficient (Wildman–Crippen LogP) is 6.78. The molecule has 0 atom stereocenters. The van der Waals surface area contributed by atoms with E-state index in [0.29, 0.717) is 66.4 Å². The molecule has 1 heterocycles. The van der Waals surface area contributed by atoms with Crippen LogP contribution in [0.15, 0.2) is 71.7 Å². The largest absolute Gasteiger partial charge is 0.493 e. The summed E-state index contributed by atoms with van der Waals surface area (Å²) >= 11 is 6.14. The Bertz CT molecular complexity index is 1260. The first-order chi connectivity index (χ1) is 17.5. The first-order valence-corrected chi connectivity index (χ1v) is 12.8. The van der Waals surface area contributed by atoms with Gasteiger partial charge in [-0.3, -0.25) is 9.59 Å². The molecule has 3 aliphatic rings. The SMILES string of the molecule is C=CCc1cc(C2C3=C(CCCC3=O)OC3=C2C(=O)CCC3)cc(OC)c1OCc1cccc(Cl)c1. The quantitative estimate of drug-likeness (QED) is 0.389. The van der Waals surface area contributed by atoms with Gasteiger partial charge in [0.1, 0.15) is 18.1 Å². The van der Waals surface area contributed by atoms with Gasteiger partial charge in [-0.15, -0.1) is 6.58 Å². The Labute approximate surface area is 216 Å². The van der Waals surface area contributed by atoms with E-state index in [1.54, 1.807) is 7.11 Å². The van der Waals surface area contributed by atoms with Crippen molar-refractivity contribution in [2.24, 2.45) is 0 Å². The third-order valence-corrected chi connectivity index (χ3v) is 7.22. The van der Waals surface area contributed by atoms with Crippen LogP contribution in [-0.2, 0) is 27.4 Å². The van der Waals surface area contributed by atoms with Crippen molar-refractivity contribution in [3.05, 3.63) is 93.4 Å². The van der Waals surface area contributed by atoms with Gasteiger partial charge in [0, 0.05) is 53.3 Å². The zero-order chi connectivity index (χ0) is 25.2. The molecular weight excluding hydrogens is 476 g/mol. The Morgan fingerprint density at radius 3 is 2.33 bits per heavy atom. The molecule has 5 nitrogen and oxygen atoms in total. The molecule has 36 heavy (non-hydrogen) atoms. The molecule has 186 valence electrons. The third-order valence-electron chi connectivity index (χ3n) is 6.98. The third kappa shape index (κ3) is 4.60. The van der Waals surface area contributed by atoms with Gasteiger partial charge in [0.25, 0.3) is 0 Å². The summed E-state index contributed by atoms with van der Waals surface area (Å²) in [5, 5.41) is 0.645. The van der Waals surface area contributed by atoms with E-state index in [9.17, 15) is 9.59 Å². The number of ether oxygens (including phenoxy) is 3. The smallest absolute Gasteiger partial charge is 0.165 e. The number of ketones is 2. The highest BCUT2D eigenvalue weighted by atomic mass is 35.5. The molecule has 2 aromatic carbocycles. The zero-order valence-corrected chi connectivity index (χ0v) is 21.2. The molecule has 0 fully saturated rings. The highest BCUT2D eigenvalue weighted by Gasteiger charge is 2.42. The van der Waals surface area contributed by atoms with E-state index >= 15 is 0 Å². The minimum Gasteiger partial charge on any atom is -0.493 e. The van der Waals surface area contributed by atoms with Gasteiger partial charge in [-0.1, -0.05) is 35.9 Å². The van der Waals surface area contributed by atoms with E-state index in [2.05, 4.69) is 6.58 Å². The molecule has 5 rings (SSSR count). The second-order valence-electron chi connectivity index (χ2n) is 9.39. The maximum Gasteiger partial charge on any atom is 0.165 e. The number of carbonyl (C=O) groups excluding carboxylic acids is 2. The molecule has 0 spiro atoms. The second kappa shape index (κ2) is 10.4. The van der Waals surface area contributed by atoms with E-state index in [4.69, 9.17) is 25.8 Å². The summed E-state index contributed by atoms with van der Waals surface area (Å²) < 4.78 is 18.2. The van der Waals surface area contributed by atoms with Crippen molar-refractivity contribution in [1.82, 2.24) is 0 Å². The van der Waals surface area contributed by atoms with Crippen molar-refractivity contribution in [2.75, 3.05) is 7.11 Å². The van der Waals surface area contributed by atoms with Crippen LogP contribution in [0.4, 0.5) is 0 Å². The molecule has 2 aromatic rings. The Morgan fingerprint density at radius 2 is 1.72 bits per heavy atom. The summed E-state index contributed by atoms with van der Waals surface area (Å²) in [6, 6.07) is 11.4. The van der Waals surface area contributed by atoms with Crippen LogP contribution in [0, 0.1) is 0 Å². The lowest BCUT2D eigenvalue weighted by Gasteiger charge is -2.36. The van der Waals surface area contributed by atoms with Crippen molar-refractivity contribution < 1.29 is 23.8 Å². The van der Waals surface area contributed by atoms with E-state index in [1.165, 1.54) is 0 Å². The van der Waals surface area contributed by atoms with Gasteiger partial charge >= 0.3 is 0 Å². The fourth-order valence-electron chi connectivity index (χ4n) is 5.41. The molecule has 2 aliphatic carbocycles. The fourth-order valence-corrected chi connectivity index (χ4v) is 5.62. The lowest BCUT2D eigenvalue weighted by molar-refractivity contribution is -0.117. The standard InChI is InChI=1S/C30H29ClO5/c1-3-7-19-15-20(16-26(34-2)30(19)35-17-18-8-4-9-21(31)14-18)27-28-22(32)10-5-12-24(28)36-25-13-6-11-23(33)29(25)27/h3-4,8-9,14-16,27H,1,5-7,10-13,17H2,2H3. The van der Waals surface area contributed by atoms with Crippen molar-refractivity contribution in [1.29, 1.82) is 0 Å². The average molecular weight is 505 g/mol. The minimum absolute atomic E-state index is 0.0525. The average Bonchev–Trinajstić information content (AvgIpc) is 2.87. The minimum atomic E-state index is -0.455. The molecule has 0 unspecified atom stereocenters. The molecule has 0 aromatic heterocycles. The molecule has 0 radical (unpaired) electrons. The number of hydrogen-bond donors (Lipinski definition) is 0. The van der Waals surface area contributed by atoms with Gasteiger partial charge in [-0.05, 0) is 48.6 Å². The van der Waals surface area contributed by atoms with Crippen LogP contribution in [0.25, 0.3) is 0 Å². The van der Waals surface area contributed by atoms with Crippen LogP contribution in [0.2, 0.25) is 5.02 Å². The second-order valence-corrected chi connectivity index (χ2v) is 9.82. The molecule has 0 N–H and O–H groups in total. The molecule has 0 saturated heterocycles. The van der Waals surface area contributed by atoms with Crippen molar-refractivity contribution >= 4 is 23.2 Å². The van der Waals surface area contributed by atoms with E-state index in [0.717, 1.165) is 41.1 Å². The Kier molecular flexibility index (Phi) is 7.01. The van der Waals surface area contributed by atoms with Gasteiger partial charge in [0.15, 0.2) is 23.1 Å². The van der Waals surface area contributed by atoms with E-state index in [1.807, 2.05) is 42.5 Å². The Balaban J connectivity index is 1.61. The summed E-state index contributed by atoms with van der Waals surface area (Å²) in [4.78, 5) is 26.3. The number of rotatable bonds is 7. The van der Waals surface area contributed by atoms with Crippen LogP contribution in [0.5, 0.6) is 11.5 Å². The van der Waals surface area contributed by atoms with Gasteiger partial charge in [0.2, 0.25) is 0 Å². The Hall–Kier alpha value is -3.31. The predicted molar refractivity (Wildman–Crippen MR) is 138 cm³/mol. The topological polar surface area (TPSA) is 61.8 Å². The number of benzene rings is 2. The van der Waals surface area contributed by atoms with Crippen LogP contribution in [-0.4, -0.2) is 18.7 Å². The van der Waals surface area contributed by atoms with Gasteiger partial charge < -0.3 is 14.2 Å². The first-order valence-electron chi connectivity index (χ1n) is 12.4. The summed E-state index contributed by atoms with van der Waals surface area (Å²) in [7, 11) is 1.60. The van der Waals surface area contributed by atoms with Crippen molar-refractivity contribution in [3.63, 3.8) is 0 Å². The lowest BCUT2D eigenvalue weighted by atomic mass is 9.73. The van der Waals surface area contributed by atoms with Gasteiger partial charge in [-0.25, -0.2) is 0 Å². The number of allylic oxidation sites excluding steroid dienone is 5. The number of Topliss-reactive ketones (excluding diaryl/α,β-unsaturated/α-hetero) is 2. The number of carbonyl (C=O) groups is 2. The molecule has 1 aliphatic heterocycles. The summed E-state index contributed by atoms with van der Waals surface area (Å²) in [6.07, 6.45) is 6.23. The summed E-state index contributed by atoms with van der Waals surface area (Å²) in [5.41, 5.74) is 3.90. The van der Waals surface area contributed by atoms with Crippen LogP contribution in [0.1, 0.15) is 61.1 Å². The molecule has 0 saturated carbocycles. The number of halogens is 1. The normalized spacial score (nSPS) is 17.9. The Morgan fingerprint density at radius 1 is 1.03 bits per heavy atom. The molecule has 6 heteroatoms. The van der Waals surface area contributed by atoms with Crippen LogP contribution < -0.4 is 9.47 Å². The maximum absolute atomic E-state index is 13.2. The molecular formula is C30H29ClO5. The highest BCUT2D eigenvalue weighted by molar-refractivity contribution is 6.30. The van der Waals surface area contributed by atoms with Crippen molar-refractivity contribution in [3.8, 4) is 11.5 Å². The maximum atomic E-state index is 13.2. The number of methoxy groups -OCH3 is 1. The fraction of sp³-hybridized carbons (Fsp3) is 0.333. The zero-order valence-electron chi connectivity index (χ0n) is 20.4. The van der Waals surface area contributed by atoms with Crippen LogP contribution >= 0.6 is 11.6 Å². The van der Waals surface area contributed by atoms with Gasteiger partial charge in [0.05, 0.1) is 7.11 Å². The molecule has 0 amide bonds. The summed E-state index contributed by atoms with van der Waals surface area (Å²) in [5.74, 6) is 2.25. The summed E-state index contributed by atoms with van der Waals surface area (Å²) in [6.45, 7) is 4.24. The van der Waals surface area contributed by atoms with E-state index in [-0.39, 0.29) is 11.6 Å². The molecule has 0 bridgehead atoms. The van der Waals surface area contributed by atoms with E-state index < -0.39 is 5.92 Å². The van der Waals surface area contributed by atoms with Gasteiger partial charge in [-0.2, -0.15) is 0 Å². The highest BCUT2D eigenvalue weighted by Crippen LogP contribution is 2.49. The monoisotopic (exact) mass is 504 g/mol. The number of hydrogen-bond acceptors (Lipinski definition) is 5. The lowest BCUT2D eigenvalue weighted by Crippen LogP contribution is -2.30.